The lowest BCUT2D eigenvalue weighted by atomic mass is 10.1. The largest absolute Gasteiger partial charge is 0.436 e. The summed E-state index contributed by atoms with van der Waals surface area (Å²) < 4.78 is 85.1. The van der Waals surface area contributed by atoms with Gasteiger partial charge >= 0.3 is 6.18 Å². The van der Waals surface area contributed by atoms with Crippen LogP contribution in [0, 0.1) is 5.13 Å². The number of hydrogen-bond acceptors (Lipinski definition) is 5. The monoisotopic (exact) mass is 399 g/mol. The number of thiophene rings is 1. The van der Waals surface area contributed by atoms with Crippen molar-refractivity contribution in [2.75, 3.05) is 13.2 Å². The first kappa shape index (κ1) is 18.3. The molecule has 0 fully saturated rings. The van der Waals surface area contributed by atoms with Crippen LogP contribution in [0.25, 0.3) is 0 Å². The molecular weight excluding hydrogens is 386 g/mol. The highest BCUT2D eigenvalue weighted by Gasteiger charge is 2.41. The second-order valence-electron chi connectivity index (χ2n) is 5.40. The Morgan fingerprint density at radius 1 is 1.48 bits per heavy atom. The van der Waals surface area contributed by atoms with Gasteiger partial charge in [0.25, 0.3) is 0 Å². The minimum atomic E-state index is -4.91. The minimum Gasteiger partial charge on any atom is -0.372 e. The molecule has 0 saturated carbocycles. The molecule has 0 saturated heterocycles. The van der Waals surface area contributed by atoms with Gasteiger partial charge in [-0.1, -0.05) is 0 Å². The second-order valence-corrected chi connectivity index (χ2v) is 8.23. The average molecular weight is 399 g/mol. The van der Waals surface area contributed by atoms with Gasteiger partial charge in [-0.25, -0.2) is 13.1 Å². The molecule has 2 aromatic heterocycles. The van der Waals surface area contributed by atoms with Gasteiger partial charge in [0.2, 0.25) is 10.0 Å². The van der Waals surface area contributed by atoms with Crippen LogP contribution in [0.1, 0.15) is 22.2 Å². The number of rotatable bonds is 4. The van der Waals surface area contributed by atoms with E-state index in [1.165, 1.54) is 13.1 Å². The van der Waals surface area contributed by atoms with Crippen molar-refractivity contribution < 1.29 is 30.7 Å². The first-order valence-corrected chi connectivity index (χ1v) is 9.38. The van der Waals surface area contributed by atoms with Crippen LogP contribution in [0.4, 0.5) is 17.6 Å². The first-order valence-electron chi connectivity index (χ1n) is 7.08. The Bertz CT molecular complexity index is 889. The summed E-state index contributed by atoms with van der Waals surface area (Å²) >= 11 is 0.947. The highest BCUT2D eigenvalue weighted by molar-refractivity contribution is 7.89. The Labute approximate surface area is 144 Å². The molecule has 0 spiro atoms. The molecule has 0 amide bonds. The number of aromatic nitrogens is 2. The van der Waals surface area contributed by atoms with E-state index in [0.29, 0.717) is 12.0 Å². The number of nitrogens with zero attached hydrogens (tertiary/aromatic N) is 2. The van der Waals surface area contributed by atoms with E-state index >= 15 is 0 Å². The first-order chi connectivity index (χ1) is 11.6. The maximum Gasteiger partial charge on any atom is 0.436 e. The van der Waals surface area contributed by atoms with Crippen LogP contribution in [-0.2, 0) is 34.4 Å². The Balaban J connectivity index is 1.82. The molecule has 1 aliphatic rings. The lowest BCUT2D eigenvalue weighted by Crippen LogP contribution is -2.32. The third-order valence-corrected chi connectivity index (χ3v) is 6.04. The molecule has 1 N–H and O–H groups in total. The van der Waals surface area contributed by atoms with Gasteiger partial charge in [-0.2, -0.15) is 22.7 Å². The fourth-order valence-corrected chi connectivity index (χ4v) is 4.70. The number of halogens is 4. The van der Waals surface area contributed by atoms with E-state index in [1.807, 2.05) is 0 Å². The minimum absolute atomic E-state index is 0.278. The van der Waals surface area contributed by atoms with Crippen LogP contribution < -0.4 is 4.72 Å². The fraction of sp³-hybridized carbons (Fsp3) is 0.462. The van der Waals surface area contributed by atoms with Crippen LogP contribution in [-0.4, -0.2) is 31.3 Å². The van der Waals surface area contributed by atoms with E-state index in [2.05, 4.69) is 9.82 Å². The second kappa shape index (κ2) is 6.34. The van der Waals surface area contributed by atoms with Gasteiger partial charge in [0.05, 0.1) is 12.7 Å². The summed E-state index contributed by atoms with van der Waals surface area (Å²) in [5.74, 6) is 0. The Hall–Kier alpha value is -1.50. The molecule has 0 radical (unpaired) electrons. The maximum atomic E-state index is 13.4. The molecule has 0 bridgehead atoms. The molecule has 25 heavy (non-hydrogen) atoms. The maximum absolute atomic E-state index is 13.4. The quantitative estimate of drug-likeness (QED) is 0.801. The Morgan fingerprint density at radius 3 is 2.88 bits per heavy atom. The smallest absolute Gasteiger partial charge is 0.372 e. The number of aryl methyl sites for hydroxylation is 1. The lowest BCUT2D eigenvalue weighted by molar-refractivity contribution is -0.143. The van der Waals surface area contributed by atoms with Gasteiger partial charge in [0, 0.05) is 31.1 Å². The summed E-state index contributed by atoms with van der Waals surface area (Å²) in [5.41, 5.74) is -0.979. The Morgan fingerprint density at radius 2 is 2.20 bits per heavy atom. The summed E-state index contributed by atoms with van der Waals surface area (Å²) in [6.45, 7) is -0.0300. The number of fused-ring (bicyclic) bond motifs is 1. The van der Waals surface area contributed by atoms with Gasteiger partial charge in [-0.3, -0.25) is 4.68 Å². The zero-order valence-electron chi connectivity index (χ0n) is 12.8. The summed E-state index contributed by atoms with van der Waals surface area (Å²) in [6, 6.07) is 1.25. The Kier molecular flexibility index (Phi) is 4.64. The molecule has 1 aliphatic heterocycles. The van der Waals surface area contributed by atoms with Crippen molar-refractivity contribution in [2.24, 2.45) is 7.05 Å². The molecule has 3 heterocycles. The molecular formula is C13H13F4N3O3S2. The van der Waals surface area contributed by atoms with Gasteiger partial charge in [-0.05, 0) is 11.6 Å². The van der Waals surface area contributed by atoms with Crippen molar-refractivity contribution in [3.8, 4) is 0 Å². The molecule has 1 atom stereocenters. The molecule has 0 aliphatic carbocycles. The third kappa shape index (κ3) is 3.71. The van der Waals surface area contributed by atoms with Gasteiger partial charge in [-0.15, -0.1) is 11.3 Å². The highest BCUT2D eigenvalue weighted by atomic mass is 32.2. The van der Waals surface area contributed by atoms with E-state index in [-0.39, 0.29) is 13.2 Å². The molecule has 6 nitrogen and oxygen atoms in total. The lowest BCUT2D eigenvalue weighted by Gasteiger charge is -2.23. The molecule has 0 aromatic carbocycles. The van der Waals surface area contributed by atoms with Crippen molar-refractivity contribution in [3.63, 3.8) is 0 Å². The number of hydrogen-bond donors (Lipinski definition) is 1. The predicted octanol–water partition coefficient (Wildman–Crippen LogP) is 2.23. The molecule has 138 valence electrons. The summed E-state index contributed by atoms with van der Waals surface area (Å²) in [6.07, 6.45) is -4.38. The van der Waals surface area contributed by atoms with Crippen LogP contribution in [0.2, 0.25) is 0 Å². The topological polar surface area (TPSA) is 73.2 Å². The normalized spacial score (nSPS) is 18.4. The predicted molar refractivity (Wildman–Crippen MR) is 80.1 cm³/mol. The SMILES string of the molecule is Cn1cc(S(=O)(=O)NCC2OCCc3sc(F)cc32)c(C(F)(F)F)n1. The van der Waals surface area contributed by atoms with E-state index in [4.69, 9.17) is 4.74 Å². The van der Waals surface area contributed by atoms with Gasteiger partial charge in [0.15, 0.2) is 10.8 Å². The summed E-state index contributed by atoms with van der Waals surface area (Å²) in [4.78, 5) is -0.222. The van der Waals surface area contributed by atoms with Gasteiger partial charge < -0.3 is 4.74 Å². The molecule has 2 aromatic rings. The zero-order chi connectivity index (χ0) is 18.4. The van der Waals surface area contributed by atoms with Crippen LogP contribution in [0.3, 0.4) is 0 Å². The third-order valence-electron chi connectivity index (χ3n) is 3.62. The van der Waals surface area contributed by atoms with E-state index in [0.717, 1.165) is 27.1 Å². The molecule has 1 unspecified atom stereocenters. The van der Waals surface area contributed by atoms with Crippen LogP contribution >= 0.6 is 11.3 Å². The highest BCUT2D eigenvalue weighted by Crippen LogP contribution is 2.34. The van der Waals surface area contributed by atoms with Crippen molar-refractivity contribution >= 4 is 21.4 Å². The number of sulfonamides is 1. The zero-order valence-corrected chi connectivity index (χ0v) is 14.4. The van der Waals surface area contributed by atoms with Crippen LogP contribution in [0.15, 0.2) is 17.2 Å². The summed E-state index contributed by atoms with van der Waals surface area (Å²) in [5, 5.41) is 2.75. The van der Waals surface area contributed by atoms with Crippen molar-refractivity contribution in [2.45, 2.75) is 23.6 Å². The fourth-order valence-electron chi connectivity index (χ4n) is 2.55. The van der Waals surface area contributed by atoms with Crippen molar-refractivity contribution in [1.29, 1.82) is 0 Å². The van der Waals surface area contributed by atoms with Crippen molar-refractivity contribution in [1.82, 2.24) is 14.5 Å². The van der Waals surface area contributed by atoms with Crippen molar-refractivity contribution in [3.05, 3.63) is 33.5 Å². The van der Waals surface area contributed by atoms with Gasteiger partial charge in [0.1, 0.15) is 4.90 Å². The standard InChI is InChI=1S/C13H13F4N3O3S2/c1-20-6-10(12(19-20)13(15,16)17)25(21,22)18-5-8-7-4-11(14)24-9(7)2-3-23-8/h4,6,8,18H,2-3,5H2,1H3. The molecule has 3 rings (SSSR count). The summed E-state index contributed by atoms with van der Waals surface area (Å²) in [7, 11) is -3.28. The number of alkyl halides is 3. The van der Waals surface area contributed by atoms with E-state index in [1.54, 1.807) is 0 Å². The van der Waals surface area contributed by atoms with E-state index < -0.39 is 38.0 Å². The van der Waals surface area contributed by atoms with Crippen LogP contribution in [0.5, 0.6) is 0 Å². The van der Waals surface area contributed by atoms with E-state index in [9.17, 15) is 26.0 Å². The number of ether oxygens (including phenoxy) is 1. The number of nitrogens with one attached hydrogen (secondary N) is 1. The average Bonchev–Trinajstić information content (AvgIpc) is 3.07. The molecule has 12 heteroatoms.